The van der Waals surface area contributed by atoms with Crippen molar-refractivity contribution in [3.8, 4) is 5.75 Å². The van der Waals surface area contributed by atoms with E-state index in [0.717, 1.165) is 61.7 Å². The molecule has 1 saturated carbocycles. The van der Waals surface area contributed by atoms with Crippen LogP contribution in [0.15, 0.2) is 42.5 Å². The first-order valence-corrected chi connectivity index (χ1v) is 14.2. The molecule has 1 saturated heterocycles. The maximum atomic E-state index is 13.2. The first-order chi connectivity index (χ1) is 18.5. The molecule has 1 aromatic heterocycles. The second kappa shape index (κ2) is 10.5. The van der Waals surface area contributed by atoms with Crippen LogP contribution in [0.25, 0.3) is 0 Å². The number of aromatic nitrogens is 3. The molecule has 3 aromatic rings. The number of nitrogens with zero attached hydrogens (tertiary/aromatic N) is 5. The summed E-state index contributed by atoms with van der Waals surface area (Å²) in [5.41, 5.74) is 4.70. The molecule has 0 atom stereocenters. The lowest BCUT2D eigenvalue weighted by atomic mass is 9.84. The largest absolute Gasteiger partial charge is 0.486 e. The molecule has 7 nitrogen and oxygen atoms in total. The molecule has 7 heteroatoms. The highest BCUT2D eigenvalue weighted by molar-refractivity contribution is 5.98. The van der Waals surface area contributed by atoms with Crippen LogP contribution in [0.1, 0.15) is 96.5 Å². The van der Waals surface area contributed by atoms with E-state index in [-0.39, 0.29) is 5.91 Å². The van der Waals surface area contributed by atoms with Gasteiger partial charge in [0.2, 0.25) is 0 Å². The molecule has 1 aliphatic carbocycles. The van der Waals surface area contributed by atoms with Gasteiger partial charge in [-0.3, -0.25) is 9.69 Å². The summed E-state index contributed by atoms with van der Waals surface area (Å²) in [6.45, 7) is 8.91. The summed E-state index contributed by atoms with van der Waals surface area (Å²) in [5, 5.41) is 9.02. The fourth-order valence-corrected chi connectivity index (χ4v) is 6.20. The van der Waals surface area contributed by atoms with E-state index in [1.54, 1.807) is 0 Å². The molecule has 0 radical (unpaired) electrons. The highest BCUT2D eigenvalue weighted by Gasteiger charge is 2.36. The van der Waals surface area contributed by atoms with E-state index in [9.17, 15) is 4.79 Å². The number of carbonyl (C=O) groups is 1. The zero-order chi connectivity index (χ0) is 26.2. The predicted octanol–water partition coefficient (Wildman–Crippen LogP) is 5.41. The summed E-state index contributed by atoms with van der Waals surface area (Å²) in [7, 11) is 2.04. The van der Waals surface area contributed by atoms with Gasteiger partial charge >= 0.3 is 0 Å². The lowest BCUT2D eigenvalue weighted by molar-refractivity contribution is 0.0650. The molecular weight excluding hydrogens is 474 g/mol. The molecule has 38 heavy (non-hydrogen) atoms. The molecule has 6 rings (SSSR count). The monoisotopic (exact) mass is 513 g/mol. The predicted molar refractivity (Wildman–Crippen MR) is 147 cm³/mol. The van der Waals surface area contributed by atoms with E-state index >= 15 is 0 Å². The number of rotatable bonds is 8. The SMILES string of the molecule is CC(C)c1cccc(OCc2nnc([C@H]3CC[C@H](N4Cc5cc(CN6CCC6)ccc5C4=O)CC3)n2C)c1. The zero-order valence-electron chi connectivity index (χ0n) is 22.9. The molecule has 2 aromatic carbocycles. The van der Waals surface area contributed by atoms with Crippen LogP contribution in [0.5, 0.6) is 5.75 Å². The summed E-state index contributed by atoms with van der Waals surface area (Å²) in [6.07, 6.45) is 5.36. The van der Waals surface area contributed by atoms with E-state index in [0.29, 0.717) is 24.5 Å². The van der Waals surface area contributed by atoms with Crippen LogP contribution in [0.4, 0.5) is 0 Å². The van der Waals surface area contributed by atoms with Crippen LogP contribution in [0.2, 0.25) is 0 Å². The van der Waals surface area contributed by atoms with E-state index in [4.69, 9.17) is 4.74 Å². The number of hydrogen-bond donors (Lipinski definition) is 0. The first-order valence-electron chi connectivity index (χ1n) is 14.2. The molecule has 1 amide bonds. The third-order valence-corrected chi connectivity index (χ3v) is 8.75. The lowest BCUT2D eigenvalue weighted by Gasteiger charge is -2.34. The molecule has 2 aliphatic heterocycles. The number of carbonyl (C=O) groups excluding carboxylic acids is 1. The summed E-state index contributed by atoms with van der Waals surface area (Å²) < 4.78 is 8.17. The molecule has 2 fully saturated rings. The minimum Gasteiger partial charge on any atom is -0.486 e. The number of likely N-dealkylation sites (tertiary alicyclic amines) is 1. The van der Waals surface area contributed by atoms with Crippen molar-refractivity contribution in [2.75, 3.05) is 13.1 Å². The van der Waals surface area contributed by atoms with Gasteiger partial charge in [0.15, 0.2) is 5.82 Å². The smallest absolute Gasteiger partial charge is 0.254 e. The Morgan fingerprint density at radius 2 is 1.84 bits per heavy atom. The van der Waals surface area contributed by atoms with Crippen molar-refractivity contribution in [2.24, 2.45) is 7.05 Å². The summed E-state index contributed by atoms with van der Waals surface area (Å²) in [6, 6.07) is 15.0. The van der Waals surface area contributed by atoms with E-state index in [1.807, 2.05) is 19.2 Å². The van der Waals surface area contributed by atoms with E-state index < -0.39 is 0 Å². The Kier molecular flexibility index (Phi) is 6.95. The van der Waals surface area contributed by atoms with Crippen LogP contribution in [-0.2, 0) is 26.7 Å². The number of fused-ring (bicyclic) bond motifs is 1. The fraction of sp³-hybridized carbons (Fsp3) is 0.516. The normalized spacial score (nSPS) is 21.6. The van der Waals surface area contributed by atoms with E-state index in [1.165, 1.54) is 36.2 Å². The van der Waals surface area contributed by atoms with Gasteiger partial charge in [0, 0.05) is 37.7 Å². The van der Waals surface area contributed by atoms with Crippen molar-refractivity contribution < 1.29 is 9.53 Å². The van der Waals surface area contributed by atoms with Gasteiger partial charge in [-0.1, -0.05) is 38.1 Å². The molecule has 0 N–H and O–H groups in total. The van der Waals surface area contributed by atoms with Crippen molar-refractivity contribution in [3.63, 3.8) is 0 Å². The Balaban J connectivity index is 1.05. The van der Waals surface area contributed by atoms with Crippen LogP contribution in [0.3, 0.4) is 0 Å². The first kappa shape index (κ1) is 25.1. The average molecular weight is 514 g/mol. The van der Waals surface area contributed by atoms with Crippen LogP contribution in [-0.4, -0.2) is 49.6 Å². The quantitative estimate of drug-likeness (QED) is 0.403. The summed E-state index contributed by atoms with van der Waals surface area (Å²) >= 11 is 0. The molecule has 0 spiro atoms. The van der Waals surface area contributed by atoms with Gasteiger partial charge < -0.3 is 14.2 Å². The molecule has 3 heterocycles. The summed E-state index contributed by atoms with van der Waals surface area (Å²) in [5.74, 6) is 3.78. The minimum atomic E-state index is 0.207. The number of benzene rings is 2. The highest BCUT2D eigenvalue weighted by atomic mass is 16.5. The number of ether oxygens (including phenoxy) is 1. The summed E-state index contributed by atoms with van der Waals surface area (Å²) in [4.78, 5) is 17.8. The van der Waals surface area contributed by atoms with Gasteiger partial charge in [0.1, 0.15) is 18.2 Å². The lowest BCUT2D eigenvalue weighted by Crippen LogP contribution is -2.38. The second-order valence-corrected chi connectivity index (χ2v) is 11.6. The Bertz CT molecular complexity index is 1300. The van der Waals surface area contributed by atoms with Crippen LogP contribution in [0, 0.1) is 0 Å². The van der Waals surface area contributed by atoms with Crippen molar-refractivity contribution in [2.45, 2.75) is 83.5 Å². The second-order valence-electron chi connectivity index (χ2n) is 11.6. The van der Waals surface area contributed by atoms with Crippen molar-refractivity contribution >= 4 is 5.91 Å². The minimum absolute atomic E-state index is 0.207. The van der Waals surface area contributed by atoms with Crippen molar-refractivity contribution in [1.29, 1.82) is 0 Å². The molecule has 0 bridgehead atoms. The standard InChI is InChI=1S/C31H39N5O2/c1-21(2)24-6-4-7-27(17-24)38-20-29-32-33-30(34(29)3)23-9-11-26(12-10-23)36-19-25-16-22(18-35-14-5-15-35)8-13-28(25)31(36)37/h4,6-8,13,16-17,21,23,26H,5,9-12,14-15,18-20H2,1-3H3/t23-,26-. The van der Waals surface area contributed by atoms with Crippen LogP contribution >= 0.6 is 0 Å². The van der Waals surface area contributed by atoms with Gasteiger partial charge in [-0.15, -0.1) is 10.2 Å². The van der Waals surface area contributed by atoms with Crippen LogP contribution < -0.4 is 4.74 Å². The van der Waals surface area contributed by atoms with Gasteiger partial charge in [-0.25, -0.2) is 0 Å². The third kappa shape index (κ3) is 4.96. The van der Waals surface area contributed by atoms with Crippen molar-refractivity contribution in [1.82, 2.24) is 24.6 Å². The third-order valence-electron chi connectivity index (χ3n) is 8.75. The Morgan fingerprint density at radius 1 is 1.03 bits per heavy atom. The van der Waals surface area contributed by atoms with Gasteiger partial charge in [0.25, 0.3) is 5.91 Å². The Labute approximate surface area is 225 Å². The molecular formula is C31H39N5O2. The topological polar surface area (TPSA) is 63.5 Å². The molecule has 0 unspecified atom stereocenters. The fourth-order valence-electron chi connectivity index (χ4n) is 6.20. The maximum Gasteiger partial charge on any atom is 0.254 e. The highest BCUT2D eigenvalue weighted by Crippen LogP contribution is 2.37. The van der Waals surface area contributed by atoms with Crippen molar-refractivity contribution in [3.05, 3.63) is 76.4 Å². The van der Waals surface area contributed by atoms with Gasteiger partial charge in [-0.2, -0.15) is 0 Å². The Hall–Kier alpha value is -3.19. The average Bonchev–Trinajstić information content (AvgIpc) is 3.44. The van der Waals surface area contributed by atoms with Gasteiger partial charge in [0.05, 0.1) is 0 Å². The molecule has 200 valence electrons. The Morgan fingerprint density at radius 3 is 2.58 bits per heavy atom. The molecule has 3 aliphatic rings. The number of amides is 1. The maximum absolute atomic E-state index is 13.2. The van der Waals surface area contributed by atoms with E-state index in [2.05, 4.69) is 68.7 Å². The number of hydrogen-bond acceptors (Lipinski definition) is 5. The van der Waals surface area contributed by atoms with Gasteiger partial charge in [-0.05, 0) is 86.0 Å². The zero-order valence-corrected chi connectivity index (χ0v) is 22.9.